The first-order chi connectivity index (χ1) is 8.79. The maximum absolute atomic E-state index is 11.6. The fraction of sp³-hybridized carbons (Fsp3) is 0.600. The lowest BCUT2D eigenvalue weighted by atomic mass is 10.1. The predicted octanol–water partition coefficient (Wildman–Crippen LogP) is 2.09. The van der Waals surface area contributed by atoms with Crippen LogP contribution in [0.15, 0.2) is 18.2 Å². The SMILES string of the molecule is CC(C)(CNCc1ccc2c(c1)CCC2)S(C)(=O)=O. The molecule has 1 aromatic carbocycles. The summed E-state index contributed by atoms with van der Waals surface area (Å²) in [4.78, 5) is 0. The highest BCUT2D eigenvalue weighted by molar-refractivity contribution is 7.92. The molecule has 0 radical (unpaired) electrons. The predicted molar refractivity (Wildman–Crippen MR) is 79.1 cm³/mol. The van der Waals surface area contributed by atoms with Crippen LogP contribution in [0.25, 0.3) is 0 Å². The molecule has 1 aliphatic rings. The van der Waals surface area contributed by atoms with Crippen LogP contribution in [0, 0.1) is 0 Å². The lowest BCUT2D eigenvalue weighted by molar-refractivity contribution is 0.521. The zero-order valence-corrected chi connectivity index (χ0v) is 12.8. The van der Waals surface area contributed by atoms with Crippen molar-refractivity contribution in [2.75, 3.05) is 12.8 Å². The first-order valence-electron chi connectivity index (χ1n) is 6.81. The molecule has 3 nitrogen and oxygen atoms in total. The van der Waals surface area contributed by atoms with Gasteiger partial charge in [0, 0.05) is 19.3 Å². The summed E-state index contributed by atoms with van der Waals surface area (Å²) < 4.78 is 22.5. The molecular weight excluding hydrogens is 258 g/mol. The fourth-order valence-electron chi connectivity index (χ4n) is 2.37. The maximum atomic E-state index is 11.6. The van der Waals surface area contributed by atoms with Gasteiger partial charge < -0.3 is 5.32 Å². The van der Waals surface area contributed by atoms with Crippen molar-refractivity contribution in [3.05, 3.63) is 34.9 Å². The molecule has 1 aliphatic carbocycles. The van der Waals surface area contributed by atoms with Gasteiger partial charge in [0.15, 0.2) is 9.84 Å². The molecule has 2 rings (SSSR count). The molecule has 0 amide bonds. The molecule has 106 valence electrons. The number of aryl methyl sites for hydroxylation is 2. The summed E-state index contributed by atoms with van der Waals surface area (Å²) in [5.41, 5.74) is 4.17. The van der Waals surface area contributed by atoms with Crippen molar-refractivity contribution < 1.29 is 8.42 Å². The number of fused-ring (bicyclic) bond motifs is 1. The molecular formula is C15H23NO2S. The van der Waals surface area contributed by atoms with Crippen molar-refractivity contribution in [2.45, 2.75) is 44.4 Å². The van der Waals surface area contributed by atoms with Gasteiger partial charge in [0.25, 0.3) is 0 Å². The van der Waals surface area contributed by atoms with Crippen molar-refractivity contribution in [1.82, 2.24) is 5.32 Å². The van der Waals surface area contributed by atoms with Crippen molar-refractivity contribution in [1.29, 1.82) is 0 Å². The Balaban J connectivity index is 1.93. The molecule has 0 aromatic heterocycles. The molecule has 0 saturated carbocycles. The Hall–Kier alpha value is -0.870. The third kappa shape index (κ3) is 3.37. The molecule has 4 heteroatoms. The Morgan fingerprint density at radius 2 is 1.89 bits per heavy atom. The third-order valence-corrected chi connectivity index (χ3v) is 6.20. The Kier molecular flexibility index (Phi) is 4.02. The maximum Gasteiger partial charge on any atom is 0.153 e. The summed E-state index contributed by atoms with van der Waals surface area (Å²) in [7, 11) is -3.03. The first-order valence-corrected chi connectivity index (χ1v) is 8.70. The van der Waals surface area contributed by atoms with Gasteiger partial charge in [-0.15, -0.1) is 0 Å². The van der Waals surface area contributed by atoms with Crippen LogP contribution in [0.1, 0.15) is 37.0 Å². The van der Waals surface area contributed by atoms with Gasteiger partial charge >= 0.3 is 0 Å². The molecule has 1 aromatic rings. The summed E-state index contributed by atoms with van der Waals surface area (Å²) in [6.07, 6.45) is 4.93. The molecule has 0 bridgehead atoms. The van der Waals surface area contributed by atoms with E-state index in [9.17, 15) is 8.42 Å². The summed E-state index contributed by atoms with van der Waals surface area (Å²) in [6, 6.07) is 6.61. The van der Waals surface area contributed by atoms with Crippen molar-refractivity contribution in [3.63, 3.8) is 0 Å². The summed E-state index contributed by atoms with van der Waals surface area (Å²) in [6.45, 7) is 4.73. The fourth-order valence-corrected chi connectivity index (χ4v) is 2.74. The standard InChI is InChI=1S/C15H23NO2S/c1-15(2,19(3,17)18)11-16-10-12-7-8-13-5-4-6-14(13)9-12/h7-9,16H,4-6,10-11H2,1-3H3. The van der Waals surface area contributed by atoms with Gasteiger partial charge in [-0.1, -0.05) is 18.2 Å². The summed E-state index contributed by atoms with van der Waals surface area (Å²) in [5, 5.41) is 3.26. The van der Waals surface area contributed by atoms with E-state index in [1.807, 2.05) is 0 Å². The van der Waals surface area contributed by atoms with Crippen LogP contribution in [-0.4, -0.2) is 26.0 Å². The lowest BCUT2D eigenvalue weighted by Crippen LogP contribution is -2.41. The smallest absolute Gasteiger partial charge is 0.153 e. The van der Waals surface area contributed by atoms with Crippen LogP contribution in [0.3, 0.4) is 0 Å². The second kappa shape index (κ2) is 5.25. The molecule has 0 saturated heterocycles. The van der Waals surface area contributed by atoms with Gasteiger partial charge in [0.2, 0.25) is 0 Å². The van der Waals surface area contributed by atoms with E-state index < -0.39 is 14.6 Å². The monoisotopic (exact) mass is 281 g/mol. The number of nitrogens with one attached hydrogen (secondary N) is 1. The quantitative estimate of drug-likeness (QED) is 0.899. The van der Waals surface area contributed by atoms with E-state index in [0.29, 0.717) is 6.54 Å². The van der Waals surface area contributed by atoms with E-state index in [1.54, 1.807) is 13.8 Å². The second-order valence-corrected chi connectivity index (χ2v) is 8.74. The van der Waals surface area contributed by atoms with Crippen molar-refractivity contribution >= 4 is 9.84 Å². The van der Waals surface area contributed by atoms with Gasteiger partial charge in [-0.05, 0) is 49.8 Å². The number of hydrogen-bond donors (Lipinski definition) is 1. The molecule has 0 spiro atoms. The minimum atomic E-state index is -3.03. The van der Waals surface area contributed by atoms with E-state index in [0.717, 1.165) is 6.54 Å². The molecule has 19 heavy (non-hydrogen) atoms. The molecule has 0 heterocycles. The van der Waals surface area contributed by atoms with Crippen LogP contribution in [-0.2, 0) is 29.2 Å². The van der Waals surface area contributed by atoms with Crippen molar-refractivity contribution in [2.24, 2.45) is 0 Å². The third-order valence-electron chi connectivity index (χ3n) is 4.05. The molecule has 0 aliphatic heterocycles. The molecule has 0 unspecified atom stereocenters. The van der Waals surface area contributed by atoms with E-state index in [2.05, 4.69) is 23.5 Å². The number of rotatable bonds is 5. The number of hydrogen-bond acceptors (Lipinski definition) is 3. The highest BCUT2D eigenvalue weighted by atomic mass is 32.2. The van der Waals surface area contributed by atoms with Crippen molar-refractivity contribution in [3.8, 4) is 0 Å². The molecule has 0 atom stereocenters. The highest BCUT2D eigenvalue weighted by Gasteiger charge is 2.29. The van der Waals surface area contributed by atoms with Gasteiger partial charge in [-0.25, -0.2) is 8.42 Å². The zero-order chi connectivity index (χ0) is 14.1. The summed E-state index contributed by atoms with van der Waals surface area (Å²) in [5.74, 6) is 0. The average molecular weight is 281 g/mol. The number of benzene rings is 1. The van der Waals surface area contributed by atoms with Gasteiger partial charge in [-0.2, -0.15) is 0 Å². The van der Waals surface area contributed by atoms with Crippen LogP contribution in [0.2, 0.25) is 0 Å². The van der Waals surface area contributed by atoms with E-state index >= 15 is 0 Å². The van der Waals surface area contributed by atoms with Crippen LogP contribution in [0.4, 0.5) is 0 Å². The van der Waals surface area contributed by atoms with Gasteiger partial charge in [-0.3, -0.25) is 0 Å². The average Bonchev–Trinajstić information content (AvgIpc) is 2.74. The summed E-state index contributed by atoms with van der Waals surface area (Å²) >= 11 is 0. The largest absolute Gasteiger partial charge is 0.311 e. The number of sulfone groups is 1. The van der Waals surface area contributed by atoms with E-state index in [1.165, 1.54) is 42.2 Å². The zero-order valence-electron chi connectivity index (χ0n) is 12.0. The van der Waals surface area contributed by atoms with E-state index in [-0.39, 0.29) is 0 Å². The topological polar surface area (TPSA) is 46.2 Å². The lowest BCUT2D eigenvalue weighted by Gasteiger charge is -2.23. The Morgan fingerprint density at radius 3 is 2.58 bits per heavy atom. The van der Waals surface area contributed by atoms with Gasteiger partial charge in [0.05, 0.1) is 4.75 Å². The normalized spacial score (nSPS) is 15.5. The first kappa shape index (κ1) is 14.5. The highest BCUT2D eigenvalue weighted by Crippen LogP contribution is 2.22. The Labute approximate surface area is 116 Å². The van der Waals surface area contributed by atoms with Crippen LogP contribution < -0.4 is 5.32 Å². The van der Waals surface area contributed by atoms with Crippen LogP contribution >= 0.6 is 0 Å². The van der Waals surface area contributed by atoms with E-state index in [4.69, 9.17) is 0 Å². The van der Waals surface area contributed by atoms with Gasteiger partial charge in [0.1, 0.15) is 0 Å². The Morgan fingerprint density at radius 1 is 1.21 bits per heavy atom. The minimum Gasteiger partial charge on any atom is -0.311 e. The molecule has 0 fully saturated rings. The molecule has 1 N–H and O–H groups in total. The second-order valence-electron chi connectivity index (χ2n) is 6.09. The Bertz CT molecular complexity index is 562. The van der Waals surface area contributed by atoms with Crippen LogP contribution in [0.5, 0.6) is 0 Å². The minimum absolute atomic E-state index is 0.475.